The minimum Gasteiger partial charge on any atom is -0.623 e. The van der Waals surface area contributed by atoms with E-state index in [1.54, 1.807) is 0 Å². The predicted molar refractivity (Wildman–Crippen MR) is 75.0 cm³/mol. The van der Waals surface area contributed by atoms with Crippen molar-refractivity contribution in [1.82, 2.24) is 0 Å². The first-order valence-electron chi connectivity index (χ1n) is 6.98. The van der Waals surface area contributed by atoms with E-state index in [0.29, 0.717) is 11.3 Å². The number of nitrogens with zero attached hydrogens (tertiary/aromatic N) is 3. The zero-order chi connectivity index (χ0) is 15.0. The molecule has 21 heavy (non-hydrogen) atoms. The number of hydrogen-bond acceptors (Lipinski definition) is 4. The Hall–Kier alpha value is -2.44. The molecular weight excluding hydrogens is 274 g/mol. The molecule has 1 fully saturated rings. The molecule has 1 N–H and O–H groups in total. The van der Waals surface area contributed by atoms with Gasteiger partial charge in [0.25, 0.3) is 23.7 Å². The topological polar surface area (TPSA) is 92.5 Å². The second-order valence-electron chi connectivity index (χ2n) is 5.44. The van der Waals surface area contributed by atoms with Gasteiger partial charge >= 0.3 is 0 Å². The SMILES string of the molecule is O=[N+]([O-])c1ccc(C2=[N+]([O-])[C@H]3CCCC[C@H]3[N+](O)=C2)cc1. The Kier molecular flexibility index (Phi) is 3.32. The summed E-state index contributed by atoms with van der Waals surface area (Å²) in [6, 6.07) is 5.35. The first kappa shape index (κ1) is 13.5. The fourth-order valence-electron chi connectivity index (χ4n) is 3.09. The van der Waals surface area contributed by atoms with E-state index in [1.165, 1.54) is 30.5 Å². The van der Waals surface area contributed by atoms with Gasteiger partial charge in [-0.2, -0.15) is 4.74 Å². The van der Waals surface area contributed by atoms with Gasteiger partial charge < -0.3 is 5.21 Å². The van der Waals surface area contributed by atoms with Crippen LogP contribution in [0.15, 0.2) is 24.3 Å². The third-order valence-electron chi connectivity index (χ3n) is 4.20. The standard InChI is InChI=1S/C14H16N3O4/c18-15-9-14(10-5-7-11(8-6-10)17(20)21)16(19)13-4-2-1-3-12(13)15/h5-9,12-13,18H,1-4H2/q+1/t12-,13+/m1/s1. The van der Waals surface area contributed by atoms with E-state index in [1.807, 2.05) is 0 Å². The van der Waals surface area contributed by atoms with Crippen LogP contribution in [0.1, 0.15) is 31.2 Å². The first-order chi connectivity index (χ1) is 10.1. The van der Waals surface area contributed by atoms with Crippen LogP contribution in [0.25, 0.3) is 0 Å². The van der Waals surface area contributed by atoms with Crippen molar-refractivity contribution >= 4 is 17.6 Å². The molecule has 0 saturated heterocycles. The quantitative estimate of drug-likeness (QED) is 0.295. The minimum absolute atomic E-state index is 0.0241. The molecule has 0 unspecified atom stereocenters. The van der Waals surface area contributed by atoms with Gasteiger partial charge in [0.15, 0.2) is 0 Å². The smallest absolute Gasteiger partial charge is 0.288 e. The highest BCUT2D eigenvalue weighted by Gasteiger charge is 2.45. The summed E-state index contributed by atoms with van der Waals surface area (Å²) in [5.74, 6) is 0. The molecule has 3 rings (SSSR count). The van der Waals surface area contributed by atoms with E-state index in [-0.39, 0.29) is 17.8 Å². The Morgan fingerprint density at radius 1 is 1.14 bits per heavy atom. The molecule has 7 nitrogen and oxygen atoms in total. The highest BCUT2D eigenvalue weighted by atomic mass is 16.6. The molecule has 0 radical (unpaired) electrons. The molecule has 1 aromatic rings. The maximum Gasteiger partial charge on any atom is 0.288 e. The zero-order valence-electron chi connectivity index (χ0n) is 11.4. The predicted octanol–water partition coefficient (Wildman–Crippen LogP) is 1.69. The Labute approximate surface area is 121 Å². The number of fused-ring (bicyclic) bond motifs is 1. The maximum absolute atomic E-state index is 12.5. The molecule has 0 spiro atoms. The molecule has 0 bridgehead atoms. The third-order valence-corrected chi connectivity index (χ3v) is 4.20. The van der Waals surface area contributed by atoms with E-state index >= 15 is 0 Å². The van der Waals surface area contributed by atoms with Gasteiger partial charge in [0.2, 0.25) is 6.04 Å². The molecule has 1 saturated carbocycles. The maximum atomic E-state index is 12.5. The molecule has 1 aliphatic heterocycles. The summed E-state index contributed by atoms with van der Waals surface area (Å²) in [4.78, 5) is 10.2. The van der Waals surface area contributed by atoms with Crippen molar-refractivity contribution in [3.8, 4) is 0 Å². The molecule has 0 amide bonds. The lowest BCUT2D eigenvalue weighted by molar-refractivity contribution is -0.819. The van der Waals surface area contributed by atoms with Gasteiger partial charge in [-0.15, -0.1) is 0 Å². The summed E-state index contributed by atoms with van der Waals surface area (Å²) in [6.07, 6.45) is 4.94. The number of nitro benzene ring substituents is 1. The second-order valence-corrected chi connectivity index (χ2v) is 5.44. The van der Waals surface area contributed by atoms with E-state index in [2.05, 4.69) is 0 Å². The third kappa shape index (κ3) is 2.35. The molecule has 2 aliphatic rings. The largest absolute Gasteiger partial charge is 0.623 e. The highest BCUT2D eigenvalue weighted by Crippen LogP contribution is 2.25. The number of rotatable bonds is 2. The summed E-state index contributed by atoms with van der Waals surface area (Å²) >= 11 is 0. The average Bonchev–Trinajstić information content (AvgIpc) is 2.51. The molecule has 1 aromatic carbocycles. The van der Waals surface area contributed by atoms with Crippen LogP contribution in [0, 0.1) is 15.3 Å². The molecule has 110 valence electrons. The van der Waals surface area contributed by atoms with Gasteiger partial charge in [0, 0.05) is 25.0 Å². The number of hydrogen-bond donors (Lipinski definition) is 1. The second kappa shape index (κ2) is 5.16. The van der Waals surface area contributed by atoms with Crippen LogP contribution in [0.4, 0.5) is 5.69 Å². The number of non-ortho nitro benzene ring substituents is 1. The van der Waals surface area contributed by atoms with Crippen molar-refractivity contribution in [3.05, 3.63) is 45.2 Å². The first-order valence-corrected chi connectivity index (χ1v) is 6.98. The lowest BCUT2D eigenvalue weighted by atomic mass is 9.89. The summed E-state index contributed by atoms with van der Waals surface area (Å²) in [5, 5.41) is 33.2. The zero-order valence-corrected chi connectivity index (χ0v) is 11.4. The van der Waals surface area contributed by atoms with Crippen LogP contribution in [-0.4, -0.2) is 43.6 Å². The van der Waals surface area contributed by atoms with Gasteiger partial charge in [0.05, 0.1) is 10.5 Å². The van der Waals surface area contributed by atoms with Crippen molar-refractivity contribution in [2.45, 2.75) is 37.8 Å². The Morgan fingerprint density at radius 3 is 2.38 bits per heavy atom. The van der Waals surface area contributed by atoms with Crippen LogP contribution in [0.3, 0.4) is 0 Å². The van der Waals surface area contributed by atoms with Gasteiger partial charge in [-0.1, -0.05) is 0 Å². The highest BCUT2D eigenvalue weighted by molar-refractivity contribution is 6.34. The molecule has 1 heterocycles. The van der Waals surface area contributed by atoms with Crippen molar-refractivity contribution in [2.24, 2.45) is 0 Å². The summed E-state index contributed by atoms with van der Waals surface area (Å²) < 4.78 is 2.06. The van der Waals surface area contributed by atoms with Gasteiger partial charge in [-0.25, -0.2) is 0 Å². The average molecular weight is 290 g/mol. The van der Waals surface area contributed by atoms with Crippen molar-refractivity contribution in [3.63, 3.8) is 0 Å². The van der Waals surface area contributed by atoms with Crippen molar-refractivity contribution in [2.75, 3.05) is 0 Å². The number of hydroxylamine groups is 2. The van der Waals surface area contributed by atoms with Crippen molar-refractivity contribution < 1.29 is 19.6 Å². The van der Waals surface area contributed by atoms with Crippen LogP contribution in [-0.2, 0) is 0 Å². The fraction of sp³-hybridized carbons (Fsp3) is 0.429. The van der Waals surface area contributed by atoms with Crippen molar-refractivity contribution in [1.29, 1.82) is 0 Å². The number of nitro groups is 1. The van der Waals surface area contributed by atoms with Crippen LogP contribution in [0.5, 0.6) is 0 Å². The lowest BCUT2D eigenvalue weighted by Crippen LogP contribution is -2.51. The lowest BCUT2D eigenvalue weighted by Gasteiger charge is -2.27. The van der Waals surface area contributed by atoms with E-state index in [0.717, 1.165) is 35.2 Å². The Balaban J connectivity index is 1.98. The summed E-state index contributed by atoms with van der Waals surface area (Å²) in [5.41, 5.74) is 0.887. The Morgan fingerprint density at radius 2 is 1.76 bits per heavy atom. The van der Waals surface area contributed by atoms with Crippen LogP contribution < -0.4 is 0 Å². The molecule has 0 aromatic heterocycles. The normalized spacial score (nSPS) is 25.2. The van der Waals surface area contributed by atoms with E-state index in [9.17, 15) is 20.5 Å². The molecular formula is C14H16N3O4+. The van der Waals surface area contributed by atoms with Crippen LogP contribution >= 0.6 is 0 Å². The fourth-order valence-corrected chi connectivity index (χ4v) is 3.09. The number of benzene rings is 1. The summed E-state index contributed by atoms with van der Waals surface area (Å²) in [7, 11) is 0. The monoisotopic (exact) mass is 290 g/mol. The van der Waals surface area contributed by atoms with E-state index < -0.39 is 4.92 Å². The molecule has 1 aliphatic carbocycles. The van der Waals surface area contributed by atoms with Crippen LogP contribution in [0.2, 0.25) is 0 Å². The van der Waals surface area contributed by atoms with E-state index in [4.69, 9.17) is 0 Å². The van der Waals surface area contributed by atoms with Gasteiger partial charge in [-0.3, -0.25) is 15.3 Å². The summed E-state index contributed by atoms with van der Waals surface area (Å²) in [6.45, 7) is 0. The Bertz CT molecular complexity index is 636. The molecule has 2 atom stereocenters. The molecule has 7 heteroatoms. The van der Waals surface area contributed by atoms with Gasteiger partial charge in [-0.05, 0) is 29.7 Å². The minimum atomic E-state index is -0.483. The van der Waals surface area contributed by atoms with Gasteiger partial charge in [0.1, 0.15) is 0 Å².